The molecule has 0 spiro atoms. The van der Waals surface area contributed by atoms with Gasteiger partial charge in [0.05, 0.1) is 23.6 Å². The first-order valence-electron chi connectivity index (χ1n) is 7.81. The number of nitrogens with zero attached hydrogens (tertiary/aromatic N) is 1. The normalized spacial score (nSPS) is 11.3. The molecule has 27 heavy (non-hydrogen) atoms. The van der Waals surface area contributed by atoms with E-state index in [2.05, 4.69) is 15.0 Å². The summed E-state index contributed by atoms with van der Waals surface area (Å²) in [4.78, 5) is 16.4. The lowest BCUT2D eigenvalue weighted by Crippen LogP contribution is -2.24. The van der Waals surface area contributed by atoms with Gasteiger partial charge in [-0.25, -0.2) is 18.1 Å². The molecular formula is C17H17N5O3S2. The molecule has 0 aliphatic heterocycles. The molecule has 2 aromatic carbocycles. The zero-order chi connectivity index (χ0) is 19.4. The highest BCUT2D eigenvalue weighted by atomic mass is 32.2. The number of sulfonamides is 1. The molecule has 0 fully saturated rings. The molecular weight excluding hydrogens is 386 g/mol. The molecule has 0 aliphatic rings. The number of nitrogen functional groups attached to an aromatic ring is 2. The summed E-state index contributed by atoms with van der Waals surface area (Å²) >= 11 is 1.17. The van der Waals surface area contributed by atoms with Gasteiger partial charge in [0.15, 0.2) is 0 Å². The van der Waals surface area contributed by atoms with Crippen LogP contribution in [0.1, 0.15) is 15.5 Å². The summed E-state index contributed by atoms with van der Waals surface area (Å²) in [5, 5.41) is 4.66. The number of carbonyl (C=O) groups is 1. The molecule has 0 aliphatic carbocycles. The zero-order valence-corrected chi connectivity index (χ0v) is 15.7. The van der Waals surface area contributed by atoms with Crippen molar-refractivity contribution in [2.75, 3.05) is 16.8 Å². The Labute approximate surface area is 160 Å². The van der Waals surface area contributed by atoms with E-state index in [1.165, 1.54) is 23.5 Å². The van der Waals surface area contributed by atoms with Crippen LogP contribution >= 0.6 is 11.3 Å². The van der Waals surface area contributed by atoms with Crippen molar-refractivity contribution >= 4 is 44.3 Å². The van der Waals surface area contributed by atoms with Crippen molar-refractivity contribution in [3.05, 3.63) is 64.6 Å². The van der Waals surface area contributed by atoms with Gasteiger partial charge < -0.3 is 16.8 Å². The van der Waals surface area contributed by atoms with Gasteiger partial charge in [0.1, 0.15) is 15.6 Å². The molecule has 0 radical (unpaired) electrons. The van der Waals surface area contributed by atoms with Gasteiger partial charge in [0.25, 0.3) is 5.91 Å². The number of para-hydroxylation sites is 3. The summed E-state index contributed by atoms with van der Waals surface area (Å²) in [6.45, 7) is -0.0535. The molecule has 3 rings (SSSR count). The Kier molecular flexibility index (Phi) is 5.40. The van der Waals surface area contributed by atoms with E-state index < -0.39 is 15.9 Å². The van der Waals surface area contributed by atoms with Gasteiger partial charge in [-0.2, -0.15) is 0 Å². The quantitative estimate of drug-likeness (QED) is 0.464. The second-order valence-corrected chi connectivity index (χ2v) is 8.21. The summed E-state index contributed by atoms with van der Waals surface area (Å²) in [5.41, 5.74) is 12.8. The first-order valence-corrected chi connectivity index (χ1v) is 10.2. The summed E-state index contributed by atoms with van der Waals surface area (Å²) in [6, 6.07) is 13.0. The summed E-state index contributed by atoms with van der Waals surface area (Å²) in [7, 11) is -3.78. The minimum Gasteiger partial charge on any atom is -0.398 e. The van der Waals surface area contributed by atoms with Crippen LogP contribution in [0.25, 0.3) is 0 Å². The van der Waals surface area contributed by atoms with Gasteiger partial charge in [-0.15, -0.1) is 11.3 Å². The maximum Gasteiger partial charge on any atom is 0.275 e. The Bertz CT molecular complexity index is 1080. The minimum atomic E-state index is -3.78. The molecule has 0 saturated heterocycles. The van der Waals surface area contributed by atoms with Gasteiger partial charge in [0.2, 0.25) is 10.0 Å². The molecule has 0 saturated carbocycles. The predicted molar refractivity (Wildman–Crippen MR) is 106 cm³/mol. The highest BCUT2D eigenvalue weighted by Gasteiger charge is 2.18. The summed E-state index contributed by atoms with van der Waals surface area (Å²) < 4.78 is 27.1. The molecule has 1 aromatic heterocycles. The van der Waals surface area contributed by atoms with Crippen LogP contribution in [0, 0.1) is 0 Å². The van der Waals surface area contributed by atoms with E-state index in [0.717, 1.165) is 0 Å². The van der Waals surface area contributed by atoms with Gasteiger partial charge in [0, 0.05) is 5.38 Å². The van der Waals surface area contributed by atoms with Crippen LogP contribution in [0.15, 0.2) is 58.8 Å². The average molecular weight is 403 g/mol. The number of aromatic nitrogens is 1. The van der Waals surface area contributed by atoms with Gasteiger partial charge in [-0.05, 0) is 24.3 Å². The molecule has 1 amide bonds. The number of benzene rings is 2. The number of nitrogens with one attached hydrogen (secondary N) is 2. The number of anilines is 3. The highest BCUT2D eigenvalue weighted by molar-refractivity contribution is 7.89. The van der Waals surface area contributed by atoms with E-state index in [9.17, 15) is 13.2 Å². The minimum absolute atomic E-state index is 0.000856. The van der Waals surface area contributed by atoms with E-state index in [4.69, 9.17) is 11.5 Å². The maximum atomic E-state index is 12.3. The van der Waals surface area contributed by atoms with Crippen molar-refractivity contribution in [2.45, 2.75) is 11.4 Å². The highest BCUT2D eigenvalue weighted by Crippen LogP contribution is 2.20. The Morgan fingerprint density at radius 3 is 2.41 bits per heavy atom. The molecule has 0 atom stereocenters. The number of rotatable bonds is 6. The SMILES string of the molecule is Nc1ccccc1NC(=O)c1csc(CNS(=O)(=O)c2ccccc2N)n1. The number of nitrogens with two attached hydrogens (primary N) is 2. The molecule has 0 unspecified atom stereocenters. The van der Waals surface area contributed by atoms with Crippen LogP contribution < -0.4 is 21.5 Å². The van der Waals surface area contributed by atoms with E-state index in [1.807, 2.05) is 0 Å². The first kappa shape index (κ1) is 18.8. The van der Waals surface area contributed by atoms with Gasteiger partial charge in [-0.1, -0.05) is 24.3 Å². The molecule has 10 heteroatoms. The lowest BCUT2D eigenvalue weighted by atomic mass is 10.2. The van der Waals surface area contributed by atoms with Crippen molar-refractivity contribution in [3.8, 4) is 0 Å². The molecule has 3 aromatic rings. The Balaban J connectivity index is 1.67. The van der Waals surface area contributed by atoms with Gasteiger partial charge >= 0.3 is 0 Å². The van der Waals surface area contributed by atoms with E-state index in [-0.39, 0.29) is 22.8 Å². The molecule has 8 nitrogen and oxygen atoms in total. The fourth-order valence-electron chi connectivity index (χ4n) is 2.25. The summed E-state index contributed by atoms with van der Waals surface area (Å²) in [6.07, 6.45) is 0. The lowest BCUT2D eigenvalue weighted by molar-refractivity contribution is 0.102. The van der Waals surface area contributed by atoms with E-state index >= 15 is 0 Å². The number of thiazole rings is 1. The van der Waals surface area contributed by atoms with Gasteiger partial charge in [-0.3, -0.25) is 4.79 Å². The van der Waals surface area contributed by atoms with Crippen LogP contribution in [0.4, 0.5) is 17.1 Å². The average Bonchev–Trinajstić information content (AvgIpc) is 3.11. The maximum absolute atomic E-state index is 12.3. The lowest BCUT2D eigenvalue weighted by Gasteiger charge is -2.07. The molecule has 0 bridgehead atoms. The second-order valence-electron chi connectivity index (χ2n) is 5.53. The Morgan fingerprint density at radius 1 is 1.04 bits per heavy atom. The van der Waals surface area contributed by atoms with Crippen LogP contribution in [0.2, 0.25) is 0 Å². The molecule has 6 N–H and O–H groups in total. The molecule has 140 valence electrons. The van der Waals surface area contributed by atoms with Crippen LogP contribution in [-0.4, -0.2) is 19.3 Å². The van der Waals surface area contributed by atoms with Crippen molar-refractivity contribution < 1.29 is 13.2 Å². The first-order chi connectivity index (χ1) is 12.9. The smallest absolute Gasteiger partial charge is 0.275 e. The van der Waals surface area contributed by atoms with Crippen LogP contribution in [0.3, 0.4) is 0 Å². The number of amides is 1. The molecule has 1 heterocycles. The Hall–Kier alpha value is -2.95. The predicted octanol–water partition coefficient (Wildman–Crippen LogP) is 2.04. The number of hydrogen-bond acceptors (Lipinski definition) is 7. The Morgan fingerprint density at radius 2 is 1.70 bits per heavy atom. The van der Waals surface area contributed by atoms with E-state index in [0.29, 0.717) is 16.4 Å². The number of carbonyl (C=O) groups excluding carboxylic acids is 1. The van der Waals surface area contributed by atoms with Crippen molar-refractivity contribution in [1.29, 1.82) is 0 Å². The van der Waals surface area contributed by atoms with Crippen LogP contribution in [0.5, 0.6) is 0 Å². The fraction of sp³-hybridized carbons (Fsp3) is 0.0588. The summed E-state index contributed by atoms with van der Waals surface area (Å²) in [5.74, 6) is -0.425. The monoisotopic (exact) mass is 403 g/mol. The third-order valence-electron chi connectivity index (χ3n) is 3.62. The van der Waals surface area contributed by atoms with Crippen molar-refractivity contribution in [2.24, 2.45) is 0 Å². The largest absolute Gasteiger partial charge is 0.398 e. The van der Waals surface area contributed by atoms with Crippen molar-refractivity contribution in [1.82, 2.24) is 9.71 Å². The topological polar surface area (TPSA) is 140 Å². The second kappa shape index (κ2) is 7.74. The van der Waals surface area contributed by atoms with Crippen molar-refractivity contribution in [3.63, 3.8) is 0 Å². The number of hydrogen-bond donors (Lipinski definition) is 4. The zero-order valence-electron chi connectivity index (χ0n) is 14.0. The fourth-order valence-corrected chi connectivity index (χ4v) is 4.18. The van der Waals surface area contributed by atoms with Crippen LogP contribution in [-0.2, 0) is 16.6 Å². The third-order valence-corrected chi connectivity index (χ3v) is 5.94. The standard InChI is InChI=1S/C17H17N5O3S2/c18-11-5-1-3-7-13(11)22-17(23)14-10-26-16(21-14)9-20-27(24,25)15-8-4-2-6-12(15)19/h1-8,10,20H,9,18-19H2,(H,22,23). The van der Waals surface area contributed by atoms with E-state index in [1.54, 1.807) is 41.8 Å². The third kappa shape index (κ3) is 4.42.